The SMILES string of the molecule is Cc1nnc(CN2CCN(CCO[C@H]3CCCC[C@@H]3C)CC2)n1C. The van der Waals surface area contributed by atoms with Crippen LogP contribution in [0.3, 0.4) is 0 Å². The van der Waals surface area contributed by atoms with Gasteiger partial charge in [0.15, 0.2) is 0 Å². The van der Waals surface area contributed by atoms with Gasteiger partial charge in [-0.15, -0.1) is 10.2 Å². The first kappa shape index (κ1) is 17.8. The van der Waals surface area contributed by atoms with Crippen molar-refractivity contribution < 1.29 is 4.74 Å². The predicted octanol–water partition coefficient (Wildman–Crippen LogP) is 1.84. The van der Waals surface area contributed by atoms with Crippen LogP contribution in [-0.4, -0.2) is 70.0 Å². The summed E-state index contributed by atoms with van der Waals surface area (Å²) in [6, 6.07) is 0. The molecular weight excluding hydrogens is 302 g/mol. The molecule has 2 atom stereocenters. The third kappa shape index (κ3) is 4.55. The Labute approximate surface area is 146 Å². The zero-order valence-electron chi connectivity index (χ0n) is 15.6. The third-order valence-electron chi connectivity index (χ3n) is 5.78. The van der Waals surface area contributed by atoms with Crippen LogP contribution in [0.5, 0.6) is 0 Å². The summed E-state index contributed by atoms with van der Waals surface area (Å²) in [6.45, 7) is 11.7. The standard InChI is InChI=1S/C18H33N5O/c1-15-6-4-5-7-17(15)24-13-12-22-8-10-23(11-9-22)14-18-20-19-16(2)21(18)3/h15,17H,4-14H2,1-3H3/t15-,17-/m0/s1. The second kappa shape index (κ2) is 8.41. The van der Waals surface area contributed by atoms with Crippen LogP contribution in [-0.2, 0) is 18.3 Å². The highest BCUT2D eigenvalue weighted by atomic mass is 16.5. The molecule has 0 unspecified atom stereocenters. The topological polar surface area (TPSA) is 46.4 Å². The molecule has 2 fully saturated rings. The summed E-state index contributed by atoms with van der Waals surface area (Å²) in [7, 11) is 2.05. The van der Waals surface area contributed by atoms with Crippen molar-refractivity contribution in [2.24, 2.45) is 13.0 Å². The number of aromatic nitrogens is 3. The van der Waals surface area contributed by atoms with E-state index in [0.29, 0.717) is 6.10 Å². The maximum atomic E-state index is 6.16. The van der Waals surface area contributed by atoms with Gasteiger partial charge in [-0.05, 0) is 25.7 Å². The molecule has 6 heteroatoms. The average molecular weight is 335 g/mol. The predicted molar refractivity (Wildman–Crippen MR) is 94.8 cm³/mol. The summed E-state index contributed by atoms with van der Waals surface area (Å²) in [5.74, 6) is 2.79. The average Bonchev–Trinajstić information content (AvgIpc) is 2.90. The van der Waals surface area contributed by atoms with E-state index in [1.807, 2.05) is 14.0 Å². The second-order valence-corrected chi connectivity index (χ2v) is 7.51. The number of rotatable bonds is 6. The summed E-state index contributed by atoms with van der Waals surface area (Å²) < 4.78 is 8.25. The molecular formula is C18H33N5O. The van der Waals surface area contributed by atoms with Gasteiger partial charge in [-0.2, -0.15) is 0 Å². The molecule has 1 saturated heterocycles. The van der Waals surface area contributed by atoms with Crippen molar-refractivity contribution in [1.29, 1.82) is 0 Å². The minimum absolute atomic E-state index is 0.499. The molecule has 0 amide bonds. The number of aryl methyl sites for hydroxylation is 1. The Kier molecular flexibility index (Phi) is 6.25. The zero-order chi connectivity index (χ0) is 16.9. The van der Waals surface area contributed by atoms with E-state index in [1.165, 1.54) is 25.7 Å². The van der Waals surface area contributed by atoms with Gasteiger partial charge in [-0.3, -0.25) is 9.80 Å². The molecule has 1 saturated carbocycles. The molecule has 2 heterocycles. The molecule has 136 valence electrons. The van der Waals surface area contributed by atoms with Crippen molar-refractivity contribution in [2.45, 2.75) is 52.2 Å². The van der Waals surface area contributed by atoms with E-state index in [-0.39, 0.29) is 0 Å². The molecule has 1 aliphatic carbocycles. The molecule has 0 spiro atoms. The van der Waals surface area contributed by atoms with Crippen LogP contribution in [0.1, 0.15) is 44.3 Å². The van der Waals surface area contributed by atoms with Gasteiger partial charge in [0.05, 0.1) is 19.3 Å². The van der Waals surface area contributed by atoms with Crippen LogP contribution in [0.2, 0.25) is 0 Å². The monoisotopic (exact) mass is 335 g/mol. The fourth-order valence-corrected chi connectivity index (χ4v) is 3.82. The van der Waals surface area contributed by atoms with Crippen LogP contribution in [0.4, 0.5) is 0 Å². The molecule has 1 aliphatic heterocycles. The molecule has 6 nitrogen and oxygen atoms in total. The molecule has 24 heavy (non-hydrogen) atoms. The normalized spacial score (nSPS) is 26.8. The highest BCUT2D eigenvalue weighted by molar-refractivity contribution is 4.93. The van der Waals surface area contributed by atoms with E-state index in [9.17, 15) is 0 Å². The number of piperazine rings is 1. The van der Waals surface area contributed by atoms with Gasteiger partial charge in [0, 0.05) is 39.8 Å². The van der Waals surface area contributed by atoms with Crippen molar-refractivity contribution in [3.8, 4) is 0 Å². The summed E-state index contributed by atoms with van der Waals surface area (Å²) in [5, 5.41) is 8.42. The van der Waals surface area contributed by atoms with Gasteiger partial charge in [0.2, 0.25) is 0 Å². The lowest BCUT2D eigenvalue weighted by atomic mass is 9.88. The third-order valence-corrected chi connectivity index (χ3v) is 5.78. The minimum Gasteiger partial charge on any atom is -0.377 e. The van der Waals surface area contributed by atoms with Crippen LogP contribution in [0, 0.1) is 12.8 Å². The molecule has 0 aromatic carbocycles. The van der Waals surface area contributed by atoms with Gasteiger partial charge < -0.3 is 9.30 Å². The van der Waals surface area contributed by atoms with Crippen molar-refractivity contribution in [2.75, 3.05) is 39.3 Å². The lowest BCUT2D eigenvalue weighted by Gasteiger charge is -2.35. The molecule has 0 radical (unpaired) electrons. The van der Waals surface area contributed by atoms with Crippen LogP contribution in [0.15, 0.2) is 0 Å². The first-order valence-electron chi connectivity index (χ1n) is 9.54. The smallest absolute Gasteiger partial charge is 0.146 e. The number of nitrogens with zero attached hydrogens (tertiary/aromatic N) is 5. The maximum Gasteiger partial charge on any atom is 0.146 e. The van der Waals surface area contributed by atoms with Crippen molar-refractivity contribution in [1.82, 2.24) is 24.6 Å². The van der Waals surface area contributed by atoms with E-state index >= 15 is 0 Å². The zero-order valence-corrected chi connectivity index (χ0v) is 15.6. The molecule has 1 aromatic rings. The minimum atomic E-state index is 0.499. The molecule has 0 N–H and O–H groups in total. The van der Waals surface area contributed by atoms with Gasteiger partial charge in [0.1, 0.15) is 11.6 Å². The van der Waals surface area contributed by atoms with E-state index in [4.69, 9.17) is 4.74 Å². The van der Waals surface area contributed by atoms with Gasteiger partial charge in [0.25, 0.3) is 0 Å². The van der Waals surface area contributed by atoms with E-state index in [0.717, 1.165) is 63.4 Å². The van der Waals surface area contributed by atoms with Gasteiger partial charge in [-0.25, -0.2) is 0 Å². The largest absolute Gasteiger partial charge is 0.377 e. The molecule has 3 rings (SSSR count). The van der Waals surface area contributed by atoms with Crippen LogP contribution in [0.25, 0.3) is 0 Å². The van der Waals surface area contributed by atoms with Crippen molar-refractivity contribution in [3.05, 3.63) is 11.6 Å². The van der Waals surface area contributed by atoms with E-state index in [2.05, 4.69) is 31.5 Å². The Morgan fingerprint density at radius 2 is 1.75 bits per heavy atom. The Hall–Kier alpha value is -0.980. The lowest BCUT2D eigenvalue weighted by molar-refractivity contribution is -0.0183. The first-order chi connectivity index (χ1) is 11.6. The number of ether oxygens (including phenoxy) is 1. The Morgan fingerprint density at radius 3 is 2.42 bits per heavy atom. The second-order valence-electron chi connectivity index (χ2n) is 7.51. The van der Waals surface area contributed by atoms with Crippen molar-refractivity contribution in [3.63, 3.8) is 0 Å². The van der Waals surface area contributed by atoms with Crippen molar-refractivity contribution >= 4 is 0 Å². The Bertz CT molecular complexity index is 510. The number of hydrogen-bond donors (Lipinski definition) is 0. The summed E-state index contributed by atoms with van der Waals surface area (Å²) >= 11 is 0. The lowest BCUT2D eigenvalue weighted by Crippen LogP contribution is -2.47. The highest BCUT2D eigenvalue weighted by Gasteiger charge is 2.23. The maximum absolute atomic E-state index is 6.16. The summed E-state index contributed by atoms with van der Waals surface area (Å²) in [4.78, 5) is 5.01. The molecule has 1 aromatic heterocycles. The van der Waals surface area contributed by atoms with E-state index < -0.39 is 0 Å². The summed E-state index contributed by atoms with van der Waals surface area (Å²) in [6.07, 6.45) is 5.82. The van der Waals surface area contributed by atoms with Crippen LogP contribution < -0.4 is 0 Å². The fourth-order valence-electron chi connectivity index (χ4n) is 3.82. The highest BCUT2D eigenvalue weighted by Crippen LogP contribution is 2.26. The van der Waals surface area contributed by atoms with E-state index in [1.54, 1.807) is 0 Å². The van der Waals surface area contributed by atoms with Gasteiger partial charge >= 0.3 is 0 Å². The molecule has 0 bridgehead atoms. The summed E-state index contributed by atoms with van der Waals surface area (Å²) in [5.41, 5.74) is 0. The fraction of sp³-hybridized carbons (Fsp3) is 0.889. The Balaban J connectivity index is 1.34. The van der Waals surface area contributed by atoms with Crippen LogP contribution >= 0.6 is 0 Å². The Morgan fingerprint density at radius 1 is 1.04 bits per heavy atom. The quantitative estimate of drug-likeness (QED) is 0.794. The number of hydrogen-bond acceptors (Lipinski definition) is 5. The first-order valence-corrected chi connectivity index (χ1v) is 9.54. The van der Waals surface area contributed by atoms with Gasteiger partial charge in [-0.1, -0.05) is 19.8 Å². The molecule has 2 aliphatic rings.